The van der Waals surface area contributed by atoms with Crippen LogP contribution in [0.3, 0.4) is 0 Å². The summed E-state index contributed by atoms with van der Waals surface area (Å²) in [5.41, 5.74) is 6.75. The first-order chi connectivity index (χ1) is 11.9. The molecule has 0 spiro atoms. The molecule has 142 valence electrons. The van der Waals surface area contributed by atoms with Gasteiger partial charge in [-0.3, -0.25) is 4.18 Å². The second-order valence-corrected chi connectivity index (χ2v) is 9.57. The van der Waals surface area contributed by atoms with Gasteiger partial charge >= 0.3 is 5.97 Å². The fraction of sp³-hybridized carbons (Fsp3) is 0.611. The highest BCUT2D eigenvalue weighted by atomic mass is 32.8. The molecule has 1 aromatic carbocycles. The summed E-state index contributed by atoms with van der Waals surface area (Å²) in [5.74, 6) is -0.294. The summed E-state index contributed by atoms with van der Waals surface area (Å²) < 4.78 is 21.4. The monoisotopic (exact) mass is 387 g/mol. The predicted octanol–water partition coefficient (Wildman–Crippen LogP) is 3.85. The van der Waals surface area contributed by atoms with Crippen LogP contribution in [0.2, 0.25) is 0 Å². The Morgan fingerprint density at radius 3 is 1.96 bits per heavy atom. The van der Waals surface area contributed by atoms with E-state index in [4.69, 9.17) is 14.7 Å². The van der Waals surface area contributed by atoms with Crippen molar-refractivity contribution in [2.75, 3.05) is 25.2 Å². The van der Waals surface area contributed by atoms with Gasteiger partial charge in [-0.25, -0.2) is 9.00 Å². The minimum atomic E-state index is -2.47. The van der Waals surface area contributed by atoms with Gasteiger partial charge < -0.3 is 10.5 Å². The Bertz CT molecular complexity index is 600. The average molecular weight is 388 g/mol. The number of hydrogen-bond acceptors (Lipinski definition) is 6. The highest BCUT2D eigenvalue weighted by Crippen LogP contribution is 2.10. The van der Waals surface area contributed by atoms with Crippen molar-refractivity contribution in [1.82, 2.24) is 0 Å². The van der Waals surface area contributed by atoms with E-state index in [2.05, 4.69) is 11.2 Å². The molecule has 1 unspecified atom stereocenters. The molecule has 7 heteroatoms. The summed E-state index contributed by atoms with van der Waals surface area (Å²) in [4.78, 5) is 11.8. The fourth-order valence-corrected chi connectivity index (χ4v) is 2.97. The van der Waals surface area contributed by atoms with Crippen LogP contribution in [0.15, 0.2) is 24.3 Å². The van der Waals surface area contributed by atoms with Crippen LogP contribution in [0.25, 0.3) is 0 Å². The quantitative estimate of drug-likeness (QED) is 0.315. The number of ether oxygens (including phenoxy) is 1. The Hall–Kier alpha value is -1.18. The molecule has 0 heterocycles. The molecular formula is C18H29NO4S2. The van der Waals surface area contributed by atoms with E-state index in [-0.39, 0.29) is 5.97 Å². The lowest BCUT2D eigenvalue weighted by atomic mass is 10.1. The zero-order chi connectivity index (χ0) is 18.5. The summed E-state index contributed by atoms with van der Waals surface area (Å²) in [7, 11) is -2.47. The van der Waals surface area contributed by atoms with Crippen LogP contribution in [0.5, 0.6) is 0 Å². The first-order valence-electron chi connectivity index (χ1n) is 8.75. The Labute approximate surface area is 156 Å². The molecule has 0 aliphatic rings. The molecule has 0 bridgehead atoms. The van der Waals surface area contributed by atoms with E-state index in [1.165, 1.54) is 19.1 Å². The smallest absolute Gasteiger partial charge is 0.338 e. The molecule has 5 nitrogen and oxygen atoms in total. The Morgan fingerprint density at radius 2 is 1.44 bits per heavy atom. The number of anilines is 1. The van der Waals surface area contributed by atoms with Crippen molar-refractivity contribution in [3.8, 4) is 0 Å². The van der Waals surface area contributed by atoms with Gasteiger partial charge in [-0.1, -0.05) is 38.5 Å². The van der Waals surface area contributed by atoms with Gasteiger partial charge in [-0.2, -0.15) is 0 Å². The van der Waals surface area contributed by atoms with Crippen molar-refractivity contribution < 1.29 is 17.9 Å². The van der Waals surface area contributed by atoms with Crippen molar-refractivity contribution in [2.24, 2.45) is 0 Å². The van der Waals surface area contributed by atoms with Crippen molar-refractivity contribution in [3.63, 3.8) is 0 Å². The Morgan fingerprint density at radius 1 is 0.960 bits per heavy atom. The molecule has 0 fully saturated rings. The number of hydrogen-bond donors (Lipinski definition) is 1. The van der Waals surface area contributed by atoms with E-state index in [0.29, 0.717) is 24.5 Å². The average Bonchev–Trinajstić information content (AvgIpc) is 2.55. The van der Waals surface area contributed by atoms with Gasteiger partial charge in [0.2, 0.25) is 0 Å². The molecule has 0 aromatic heterocycles. The third-order valence-electron chi connectivity index (χ3n) is 3.72. The lowest BCUT2D eigenvalue weighted by Gasteiger charge is -2.06. The van der Waals surface area contributed by atoms with Gasteiger partial charge in [0.1, 0.15) is 8.77 Å². The maximum absolute atomic E-state index is 11.8. The van der Waals surface area contributed by atoms with Crippen LogP contribution in [-0.4, -0.2) is 29.6 Å². The van der Waals surface area contributed by atoms with Crippen molar-refractivity contribution in [3.05, 3.63) is 29.8 Å². The lowest BCUT2D eigenvalue weighted by Crippen LogP contribution is -2.06. The number of nitrogens with two attached hydrogens (primary N) is 1. The minimum Gasteiger partial charge on any atom is -0.462 e. The van der Waals surface area contributed by atoms with E-state index >= 15 is 0 Å². The number of carbonyl (C=O) groups excluding carboxylic acids is 1. The van der Waals surface area contributed by atoms with E-state index in [0.717, 1.165) is 38.5 Å². The molecular weight excluding hydrogens is 358 g/mol. The number of esters is 1. The summed E-state index contributed by atoms with van der Waals surface area (Å²) in [6.07, 6.45) is 10.0. The summed E-state index contributed by atoms with van der Waals surface area (Å²) >= 11 is 4.67. The topological polar surface area (TPSA) is 78.6 Å². The highest BCUT2D eigenvalue weighted by molar-refractivity contribution is 8.29. The van der Waals surface area contributed by atoms with Gasteiger partial charge in [0.15, 0.2) is 0 Å². The zero-order valence-corrected chi connectivity index (χ0v) is 16.5. The van der Waals surface area contributed by atoms with Gasteiger partial charge in [0.25, 0.3) is 0 Å². The third-order valence-corrected chi connectivity index (χ3v) is 4.60. The molecule has 0 amide bonds. The maximum Gasteiger partial charge on any atom is 0.338 e. The molecule has 2 N–H and O–H groups in total. The van der Waals surface area contributed by atoms with E-state index in [1.54, 1.807) is 24.3 Å². The molecule has 1 rings (SSSR count). The lowest BCUT2D eigenvalue weighted by molar-refractivity contribution is 0.0497. The number of carbonyl (C=O) groups is 1. The van der Waals surface area contributed by atoms with Gasteiger partial charge in [0.05, 0.1) is 18.8 Å². The Balaban J connectivity index is 1.90. The third kappa shape index (κ3) is 11.9. The van der Waals surface area contributed by atoms with Crippen molar-refractivity contribution in [2.45, 2.75) is 51.4 Å². The largest absolute Gasteiger partial charge is 0.462 e. The van der Waals surface area contributed by atoms with E-state index in [9.17, 15) is 9.00 Å². The molecule has 0 aliphatic heterocycles. The molecule has 25 heavy (non-hydrogen) atoms. The van der Waals surface area contributed by atoms with Crippen LogP contribution in [0, 0.1) is 0 Å². The second kappa shape index (κ2) is 12.2. The van der Waals surface area contributed by atoms with Crippen LogP contribution >= 0.6 is 0 Å². The Kier molecular flexibility index (Phi) is 10.7. The molecule has 0 saturated carbocycles. The van der Waals surface area contributed by atoms with Crippen LogP contribution in [0.4, 0.5) is 5.69 Å². The van der Waals surface area contributed by atoms with Crippen LogP contribution in [-0.2, 0) is 28.9 Å². The normalized spacial score (nSPS) is 13.3. The van der Waals surface area contributed by atoms with Crippen molar-refractivity contribution >= 4 is 31.6 Å². The maximum atomic E-state index is 11.8. The zero-order valence-electron chi connectivity index (χ0n) is 14.9. The molecule has 1 atom stereocenters. The SMILES string of the molecule is CS(=O)(=S)OCCCCCCCCCCOC(=O)c1ccc(N)cc1. The van der Waals surface area contributed by atoms with E-state index in [1.807, 2.05) is 0 Å². The van der Waals surface area contributed by atoms with Crippen LogP contribution < -0.4 is 5.73 Å². The predicted molar refractivity (Wildman–Crippen MR) is 105 cm³/mol. The van der Waals surface area contributed by atoms with Gasteiger partial charge in [0, 0.05) is 23.1 Å². The number of benzene rings is 1. The number of unbranched alkanes of at least 4 members (excludes halogenated alkanes) is 7. The van der Waals surface area contributed by atoms with Crippen LogP contribution in [0.1, 0.15) is 61.7 Å². The standard InChI is InChI=1S/C18H29NO4S2/c1-25(21,24)23-15-9-7-5-3-2-4-6-8-14-22-18(20)16-10-12-17(19)13-11-16/h10-13H,2-9,14-15,19H2,1H3. The first-order valence-corrected chi connectivity index (χ1v) is 11.6. The van der Waals surface area contributed by atoms with Crippen molar-refractivity contribution in [1.29, 1.82) is 0 Å². The molecule has 0 radical (unpaired) electrons. The number of rotatable bonds is 13. The number of nitrogen functional groups attached to an aromatic ring is 1. The van der Waals surface area contributed by atoms with Gasteiger partial charge in [-0.15, -0.1) is 0 Å². The highest BCUT2D eigenvalue weighted by Gasteiger charge is 2.05. The summed E-state index contributed by atoms with van der Waals surface area (Å²) in [5, 5.41) is 0. The molecule has 1 aromatic rings. The van der Waals surface area contributed by atoms with Gasteiger partial charge in [-0.05, 0) is 37.1 Å². The second-order valence-electron chi connectivity index (χ2n) is 6.11. The first kappa shape index (κ1) is 21.9. The fourth-order valence-electron chi connectivity index (χ4n) is 2.34. The van der Waals surface area contributed by atoms with E-state index < -0.39 is 8.77 Å². The summed E-state index contributed by atoms with van der Waals surface area (Å²) in [6, 6.07) is 6.74. The summed E-state index contributed by atoms with van der Waals surface area (Å²) in [6.45, 7) is 0.941. The minimum absolute atomic E-state index is 0.294. The molecule has 0 aliphatic carbocycles. The molecule has 0 saturated heterocycles.